The van der Waals surface area contributed by atoms with Gasteiger partial charge in [-0.3, -0.25) is 9.59 Å². The predicted molar refractivity (Wildman–Crippen MR) is 212 cm³/mol. The van der Waals surface area contributed by atoms with E-state index in [1.54, 1.807) is 34.3 Å². The number of rotatable bonds is 12. The number of carbonyl (C=O) groups excluding carboxylic acids is 2. The van der Waals surface area contributed by atoms with Crippen LogP contribution in [0.25, 0.3) is 0 Å². The van der Waals surface area contributed by atoms with Gasteiger partial charge in [-0.15, -0.1) is 12.4 Å². The van der Waals surface area contributed by atoms with Gasteiger partial charge in [0.25, 0.3) is 0 Å². The van der Waals surface area contributed by atoms with Gasteiger partial charge < -0.3 is 40.6 Å². The summed E-state index contributed by atoms with van der Waals surface area (Å²) in [7, 11) is 3.54. The molecule has 5 N–H and O–H groups in total. The van der Waals surface area contributed by atoms with Gasteiger partial charge in [0, 0.05) is 26.3 Å². The van der Waals surface area contributed by atoms with Crippen molar-refractivity contribution in [1.82, 2.24) is 19.9 Å². The van der Waals surface area contributed by atoms with Gasteiger partial charge in [0.1, 0.15) is 26.9 Å². The maximum Gasteiger partial charge on any atom is 0.325 e. The molecule has 14 nitrogen and oxygen atoms in total. The summed E-state index contributed by atoms with van der Waals surface area (Å²) >= 11 is 9.73. The Balaban J connectivity index is 0. The lowest BCUT2D eigenvalue weighted by Crippen LogP contribution is -2.30. The molecule has 2 fully saturated rings. The molecule has 0 aliphatic heterocycles. The number of halogens is 4. The Labute approximate surface area is 329 Å². The Kier molecular flexibility index (Phi) is 28.8. The van der Waals surface area contributed by atoms with E-state index in [9.17, 15) is 9.59 Å². The Morgan fingerprint density at radius 3 is 1.64 bits per heavy atom. The van der Waals surface area contributed by atoms with Crippen LogP contribution >= 0.6 is 60.2 Å². The maximum atomic E-state index is 11.5. The molecule has 0 spiro atoms. The number of carbonyl (C=O) groups is 2. The van der Waals surface area contributed by atoms with E-state index >= 15 is 0 Å². The summed E-state index contributed by atoms with van der Waals surface area (Å²) in [5.74, 6) is 1.06. The zero-order valence-electron chi connectivity index (χ0n) is 27.8. The number of hydrogen-bond donors (Lipinski definition) is 4. The number of esters is 2. The lowest BCUT2D eigenvalue weighted by Gasteiger charge is -2.29. The molecule has 0 amide bonds. The van der Waals surface area contributed by atoms with Gasteiger partial charge in [0.15, 0.2) is 17.5 Å². The van der Waals surface area contributed by atoms with E-state index < -0.39 is 0 Å². The van der Waals surface area contributed by atoms with Crippen LogP contribution in [0, 0.1) is 0 Å². The summed E-state index contributed by atoms with van der Waals surface area (Å²) in [6.45, 7) is 4.40. The molecule has 2 aliphatic rings. The van der Waals surface area contributed by atoms with Gasteiger partial charge in [-0.05, 0) is 113 Å². The standard InChI is InChI=1S/C15H23BrN4O3.C8H9Br2N3O2.C7H15NO.2CH4.ClH/c1-3-23-13(21)9-18-14-15(20-12(16)8-17-14)19-10-4-6-11(22-2)7-5-10;1-2-15-6(14)4-12-8-7(10)13-5(9)3-11-8;1-9-7-4-2-6(8)3-5-7;;;/h8,10-11H,3-7,9H2,1-2H3,(H,17,18)(H,19,20);3H,2,4H2,1H3,(H,11,12);6-7H,2-5,8H2,1H3;2*1H4;1H/i9+1,13+1;4+1,6+1;;;;. The van der Waals surface area contributed by atoms with Crippen LogP contribution in [0.15, 0.2) is 26.2 Å². The maximum absolute atomic E-state index is 11.5. The molecule has 0 unspecified atom stereocenters. The van der Waals surface area contributed by atoms with Crippen molar-refractivity contribution in [3.63, 3.8) is 0 Å². The van der Waals surface area contributed by atoms with Gasteiger partial charge in [-0.25, -0.2) is 19.9 Å². The molecule has 0 saturated heterocycles. The minimum Gasteiger partial charge on any atom is -0.465 e. The topological polar surface area (TPSA) is 185 Å². The van der Waals surface area contributed by atoms with E-state index in [1.165, 1.54) is 6.20 Å². The van der Waals surface area contributed by atoms with Crippen molar-refractivity contribution < 1.29 is 28.5 Å². The normalized spacial score (nSPS) is 19.1. The molecule has 0 aromatic carbocycles. The van der Waals surface area contributed by atoms with Crippen LogP contribution in [0.1, 0.15) is 80.1 Å². The molecule has 2 aromatic heterocycles. The molecular formula is C32H56Br3ClN8O6. The number of anilines is 3. The Morgan fingerprint density at radius 2 is 1.18 bits per heavy atom. The highest BCUT2D eigenvalue weighted by Crippen LogP contribution is 2.26. The summed E-state index contributed by atoms with van der Waals surface area (Å²) in [5.41, 5.74) is 5.70. The van der Waals surface area contributed by atoms with Crippen LogP contribution in [-0.2, 0) is 28.5 Å². The van der Waals surface area contributed by atoms with Crippen molar-refractivity contribution in [1.29, 1.82) is 0 Å². The third kappa shape index (κ3) is 20.2. The summed E-state index contributed by atoms with van der Waals surface area (Å²) in [6, 6.07) is 0.768. The largest absolute Gasteiger partial charge is 0.465 e. The lowest BCUT2D eigenvalue weighted by atomic mass is 9.93. The summed E-state index contributed by atoms with van der Waals surface area (Å²) in [5, 5.41) is 9.20. The molecule has 2 heterocycles. The zero-order chi connectivity index (χ0) is 34.6. The predicted octanol–water partition coefficient (Wildman–Crippen LogP) is 7.16. The summed E-state index contributed by atoms with van der Waals surface area (Å²) < 4.78 is 22.0. The first-order valence-electron chi connectivity index (χ1n) is 15.7. The van der Waals surface area contributed by atoms with Crippen LogP contribution < -0.4 is 21.7 Å². The first-order chi connectivity index (χ1) is 22.6. The minimum atomic E-state index is -0.325. The number of methoxy groups -OCH3 is 2. The summed E-state index contributed by atoms with van der Waals surface area (Å²) in [4.78, 5) is 39.3. The number of nitrogens with zero attached hydrogens (tertiary/aromatic N) is 4. The van der Waals surface area contributed by atoms with E-state index in [0.29, 0.717) is 68.8 Å². The molecule has 0 atom stereocenters. The highest BCUT2D eigenvalue weighted by atomic mass is 79.9. The molecule has 2 aromatic rings. The third-order valence-corrected chi connectivity index (χ3v) is 8.57. The van der Waals surface area contributed by atoms with E-state index in [-0.39, 0.29) is 52.3 Å². The molecule has 0 radical (unpaired) electrons. The van der Waals surface area contributed by atoms with E-state index in [1.807, 2.05) is 0 Å². The molecule has 288 valence electrons. The summed E-state index contributed by atoms with van der Waals surface area (Å²) in [6.07, 6.45) is 12.6. The highest BCUT2D eigenvalue weighted by molar-refractivity contribution is 9.11. The van der Waals surface area contributed by atoms with Crippen molar-refractivity contribution >= 4 is 89.6 Å². The molecule has 2 saturated carbocycles. The fourth-order valence-corrected chi connectivity index (χ4v) is 5.99. The second kappa shape index (κ2) is 28.7. The first kappa shape index (κ1) is 50.2. The van der Waals surface area contributed by atoms with Gasteiger partial charge in [-0.1, -0.05) is 14.9 Å². The number of nitrogens with two attached hydrogens (primary N) is 1. The lowest BCUT2D eigenvalue weighted by molar-refractivity contribution is -0.141. The van der Waals surface area contributed by atoms with Gasteiger partial charge in [0.05, 0.1) is 37.8 Å². The van der Waals surface area contributed by atoms with Gasteiger partial charge >= 0.3 is 11.9 Å². The van der Waals surface area contributed by atoms with Gasteiger partial charge in [0.2, 0.25) is 0 Å². The van der Waals surface area contributed by atoms with E-state index in [4.69, 9.17) is 24.7 Å². The average Bonchev–Trinajstić information content (AvgIpc) is 3.06. The SMILES string of the molecule is C.C.CCO[13C](=O)[13CH2]Nc1ncc(Br)nc1Br.CCO[13C](=O)[13CH2]Nc1ncc(Br)nc1NC1CCC(OC)CC1.COC1CCC(N)CC1.Cl. The van der Waals surface area contributed by atoms with Gasteiger partial charge in [-0.2, -0.15) is 0 Å². The van der Waals surface area contributed by atoms with E-state index in [2.05, 4.69) is 83.7 Å². The monoisotopic (exact) mass is 924 g/mol. The fraction of sp³-hybridized carbons (Fsp3) is 0.688. The number of ether oxygens (including phenoxy) is 4. The third-order valence-electron chi connectivity index (χ3n) is 7.26. The van der Waals surface area contributed by atoms with E-state index in [0.717, 1.165) is 51.4 Å². The second-order valence-electron chi connectivity index (χ2n) is 10.7. The first-order valence-corrected chi connectivity index (χ1v) is 18.0. The molecule has 0 bridgehead atoms. The van der Waals surface area contributed by atoms with Crippen LogP contribution in [-0.4, -0.2) is 96.7 Å². The molecule has 2 aliphatic carbocycles. The van der Waals surface area contributed by atoms with Crippen LogP contribution in [0.3, 0.4) is 0 Å². The van der Waals surface area contributed by atoms with Crippen LogP contribution in [0.5, 0.6) is 0 Å². The van der Waals surface area contributed by atoms with Crippen molar-refractivity contribution in [2.24, 2.45) is 5.73 Å². The van der Waals surface area contributed by atoms with Crippen molar-refractivity contribution in [3.8, 4) is 0 Å². The molecular weight excluding hydrogens is 872 g/mol. The quantitative estimate of drug-likeness (QED) is 0.124. The highest BCUT2D eigenvalue weighted by Gasteiger charge is 2.22. The second-order valence-corrected chi connectivity index (χ2v) is 13.0. The Morgan fingerprint density at radius 1 is 0.740 bits per heavy atom. The van der Waals surface area contributed by atoms with Crippen LogP contribution in [0.2, 0.25) is 0 Å². The average molecular weight is 928 g/mol. The Hall–Kier alpha value is -1.89. The van der Waals surface area contributed by atoms with Crippen molar-refractivity contribution in [3.05, 3.63) is 26.2 Å². The number of nitrogens with one attached hydrogen (secondary N) is 3. The Bertz CT molecular complexity index is 1230. The minimum absolute atomic E-state index is 0. The van der Waals surface area contributed by atoms with Crippen LogP contribution in [0.4, 0.5) is 17.5 Å². The molecule has 50 heavy (non-hydrogen) atoms. The van der Waals surface area contributed by atoms with Crippen molar-refractivity contribution in [2.75, 3.05) is 56.5 Å². The number of hydrogen-bond acceptors (Lipinski definition) is 14. The number of aromatic nitrogens is 4. The molecule has 4 rings (SSSR count). The fourth-order valence-electron chi connectivity index (χ4n) is 4.76. The zero-order valence-corrected chi connectivity index (χ0v) is 33.4. The van der Waals surface area contributed by atoms with Crippen molar-refractivity contribution in [2.45, 2.75) is 104 Å². The molecule has 18 heteroatoms. The smallest absolute Gasteiger partial charge is 0.325 e.